The maximum atomic E-state index is 11.3. The van der Waals surface area contributed by atoms with Crippen molar-refractivity contribution in [3.63, 3.8) is 0 Å². The molecule has 0 aliphatic heterocycles. The van der Waals surface area contributed by atoms with Gasteiger partial charge in [-0.15, -0.1) is 0 Å². The first kappa shape index (κ1) is 13.4. The zero-order valence-electron chi connectivity index (χ0n) is 10.6. The largest absolute Gasteiger partial charge is 0.493 e. The molecule has 0 aliphatic carbocycles. The number of unbranched alkanes of at least 4 members (excludes halogenated alkanes) is 1. The standard InChI is InChI=1S/C13H19NO3/c1-4-5-6-17-13-8-11(14)10(9(2)15)7-12(13)16-3/h7-8H,4-6,14H2,1-3H3. The molecule has 0 amide bonds. The second-order valence-electron chi connectivity index (χ2n) is 3.85. The predicted octanol–water partition coefficient (Wildman–Crippen LogP) is 2.66. The number of methoxy groups -OCH3 is 1. The summed E-state index contributed by atoms with van der Waals surface area (Å²) in [4.78, 5) is 11.3. The van der Waals surface area contributed by atoms with E-state index in [0.29, 0.717) is 29.4 Å². The molecule has 1 aromatic rings. The zero-order chi connectivity index (χ0) is 12.8. The van der Waals surface area contributed by atoms with Gasteiger partial charge in [0.1, 0.15) is 0 Å². The summed E-state index contributed by atoms with van der Waals surface area (Å²) in [6.07, 6.45) is 2.03. The monoisotopic (exact) mass is 237 g/mol. The van der Waals surface area contributed by atoms with Gasteiger partial charge in [0.05, 0.1) is 13.7 Å². The van der Waals surface area contributed by atoms with Crippen molar-refractivity contribution < 1.29 is 14.3 Å². The average molecular weight is 237 g/mol. The van der Waals surface area contributed by atoms with Crippen molar-refractivity contribution >= 4 is 11.5 Å². The number of carbonyl (C=O) groups is 1. The number of rotatable bonds is 6. The lowest BCUT2D eigenvalue weighted by Gasteiger charge is -2.13. The van der Waals surface area contributed by atoms with Crippen molar-refractivity contribution in [3.05, 3.63) is 17.7 Å². The second kappa shape index (κ2) is 6.13. The van der Waals surface area contributed by atoms with Crippen LogP contribution in [0.3, 0.4) is 0 Å². The van der Waals surface area contributed by atoms with Crippen molar-refractivity contribution in [1.82, 2.24) is 0 Å². The Morgan fingerprint density at radius 3 is 2.59 bits per heavy atom. The second-order valence-corrected chi connectivity index (χ2v) is 3.85. The van der Waals surface area contributed by atoms with Gasteiger partial charge in [-0.1, -0.05) is 13.3 Å². The number of ether oxygens (including phenoxy) is 2. The van der Waals surface area contributed by atoms with Gasteiger partial charge in [-0.2, -0.15) is 0 Å². The minimum Gasteiger partial charge on any atom is -0.493 e. The third kappa shape index (κ3) is 3.37. The Labute approximate surface area is 102 Å². The van der Waals surface area contributed by atoms with Gasteiger partial charge >= 0.3 is 0 Å². The van der Waals surface area contributed by atoms with Crippen molar-refractivity contribution in [2.45, 2.75) is 26.7 Å². The smallest absolute Gasteiger partial charge is 0.163 e. The molecule has 4 heteroatoms. The molecular weight excluding hydrogens is 218 g/mol. The highest BCUT2D eigenvalue weighted by Crippen LogP contribution is 2.32. The fourth-order valence-electron chi connectivity index (χ4n) is 1.48. The molecule has 0 aliphatic rings. The number of hydrogen-bond acceptors (Lipinski definition) is 4. The van der Waals surface area contributed by atoms with E-state index in [0.717, 1.165) is 12.8 Å². The molecule has 0 saturated carbocycles. The number of hydrogen-bond donors (Lipinski definition) is 1. The van der Waals surface area contributed by atoms with Crippen molar-refractivity contribution in [1.29, 1.82) is 0 Å². The number of Topliss-reactive ketones (excluding diaryl/α,β-unsaturated/α-hetero) is 1. The molecule has 0 aromatic heterocycles. The minimum absolute atomic E-state index is 0.0825. The van der Waals surface area contributed by atoms with E-state index >= 15 is 0 Å². The molecule has 0 spiro atoms. The topological polar surface area (TPSA) is 61.5 Å². The van der Waals surface area contributed by atoms with Gasteiger partial charge in [0.25, 0.3) is 0 Å². The van der Waals surface area contributed by atoms with Crippen LogP contribution in [0.25, 0.3) is 0 Å². The third-order valence-electron chi connectivity index (χ3n) is 2.47. The Morgan fingerprint density at radius 1 is 1.35 bits per heavy atom. The summed E-state index contributed by atoms with van der Waals surface area (Å²) in [5.74, 6) is 1.05. The van der Waals surface area contributed by atoms with Crippen LogP contribution in [0.5, 0.6) is 11.5 Å². The highest BCUT2D eigenvalue weighted by atomic mass is 16.5. The fraction of sp³-hybridized carbons (Fsp3) is 0.462. The molecule has 0 fully saturated rings. The SMILES string of the molecule is CCCCOc1cc(N)c(C(C)=O)cc1OC. The number of ketones is 1. The van der Waals surface area contributed by atoms with Crippen LogP contribution in [0.2, 0.25) is 0 Å². The van der Waals surface area contributed by atoms with Crippen LogP contribution in [0.4, 0.5) is 5.69 Å². The van der Waals surface area contributed by atoms with Gasteiger partial charge in [-0.25, -0.2) is 0 Å². The van der Waals surface area contributed by atoms with Crippen LogP contribution < -0.4 is 15.2 Å². The van der Waals surface area contributed by atoms with Gasteiger partial charge in [-0.05, 0) is 19.4 Å². The van der Waals surface area contributed by atoms with Crippen LogP contribution in [0.15, 0.2) is 12.1 Å². The van der Waals surface area contributed by atoms with Gasteiger partial charge < -0.3 is 15.2 Å². The van der Waals surface area contributed by atoms with E-state index in [9.17, 15) is 4.79 Å². The molecule has 0 saturated heterocycles. The number of anilines is 1. The summed E-state index contributed by atoms with van der Waals surface area (Å²) in [5.41, 5.74) is 6.68. The molecule has 94 valence electrons. The average Bonchev–Trinajstić information content (AvgIpc) is 2.29. The molecule has 0 heterocycles. The lowest BCUT2D eigenvalue weighted by atomic mass is 10.1. The van der Waals surface area contributed by atoms with Crippen LogP contribution in [-0.4, -0.2) is 19.5 Å². The van der Waals surface area contributed by atoms with Crippen LogP contribution in [0.1, 0.15) is 37.0 Å². The lowest BCUT2D eigenvalue weighted by Crippen LogP contribution is -2.04. The molecule has 0 radical (unpaired) electrons. The normalized spacial score (nSPS) is 10.1. The number of nitrogen functional groups attached to an aromatic ring is 1. The first-order valence-electron chi connectivity index (χ1n) is 5.71. The predicted molar refractivity (Wildman–Crippen MR) is 67.8 cm³/mol. The van der Waals surface area contributed by atoms with Gasteiger partial charge in [0, 0.05) is 17.3 Å². The molecule has 17 heavy (non-hydrogen) atoms. The van der Waals surface area contributed by atoms with E-state index in [-0.39, 0.29) is 5.78 Å². The first-order valence-corrected chi connectivity index (χ1v) is 5.71. The van der Waals surface area contributed by atoms with Crippen LogP contribution in [0, 0.1) is 0 Å². The Bertz CT molecular complexity index is 402. The van der Waals surface area contributed by atoms with Gasteiger partial charge in [-0.3, -0.25) is 4.79 Å². The molecular formula is C13H19NO3. The third-order valence-corrected chi connectivity index (χ3v) is 2.47. The Kier molecular flexibility index (Phi) is 4.82. The molecule has 0 atom stereocenters. The molecule has 1 rings (SSSR count). The van der Waals surface area contributed by atoms with E-state index in [4.69, 9.17) is 15.2 Å². The van der Waals surface area contributed by atoms with Crippen LogP contribution in [-0.2, 0) is 0 Å². The van der Waals surface area contributed by atoms with Crippen molar-refractivity contribution in [3.8, 4) is 11.5 Å². The molecule has 0 bridgehead atoms. The van der Waals surface area contributed by atoms with E-state index in [1.165, 1.54) is 6.92 Å². The van der Waals surface area contributed by atoms with E-state index < -0.39 is 0 Å². The molecule has 2 N–H and O–H groups in total. The number of carbonyl (C=O) groups excluding carboxylic acids is 1. The summed E-state index contributed by atoms with van der Waals surface area (Å²) in [6.45, 7) is 4.18. The summed E-state index contributed by atoms with van der Waals surface area (Å²) in [5, 5.41) is 0. The van der Waals surface area contributed by atoms with Crippen molar-refractivity contribution in [2.24, 2.45) is 0 Å². The summed E-state index contributed by atoms with van der Waals surface area (Å²) in [7, 11) is 1.54. The van der Waals surface area contributed by atoms with Gasteiger partial charge in [0.15, 0.2) is 17.3 Å². The summed E-state index contributed by atoms with van der Waals surface area (Å²) in [6, 6.07) is 3.27. The highest BCUT2D eigenvalue weighted by Gasteiger charge is 2.12. The quantitative estimate of drug-likeness (QED) is 0.469. The minimum atomic E-state index is -0.0825. The Hall–Kier alpha value is -1.71. The fourth-order valence-corrected chi connectivity index (χ4v) is 1.48. The molecule has 1 aromatic carbocycles. The maximum Gasteiger partial charge on any atom is 0.163 e. The van der Waals surface area contributed by atoms with E-state index in [1.807, 2.05) is 0 Å². The Balaban J connectivity index is 2.97. The number of nitrogens with two attached hydrogens (primary N) is 1. The van der Waals surface area contributed by atoms with E-state index in [2.05, 4.69) is 6.92 Å². The molecule has 4 nitrogen and oxygen atoms in total. The zero-order valence-corrected chi connectivity index (χ0v) is 10.6. The summed E-state index contributed by atoms with van der Waals surface area (Å²) < 4.78 is 10.8. The van der Waals surface area contributed by atoms with Crippen molar-refractivity contribution in [2.75, 3.05) is 19.5 Å². The van der Waals surface area contributed by atoms with Gasteiger partial charge in [0.2, 0.25) is 0 Å². The number of benzene rings is 1. The van der Waals surface area contributed by atoms with Crippen LogP contribution >= 0.6 is 0 Å². The lowest BCUT2D eigenvalue weighted by molar-refractivity contribution is 0.101. The maximum absolute atomic E-state index is 11.3. The first-order chi connectivity index (χ1) is 8.10. The molecule has 0 unspecified atom stereocenters. The summed E-state index contributed by atoms with van der Waals surface area (Å²) >= 11 is 0. The van der Waals surface area contributed by atoms with E-state index in [1.54, 1.807) is 19.2 Å². The highest BCUT2D eigenvalue weighted by molar-refractivity contribution is 5.99. The Morgan fingerprint density at radius 2 is 2.06 bits per heavy atom.